The predicted octanol–water partition coefficient (Wildman–Crippen LogP) is 8.94. The molecule has 0 N–H and O–H groups in total. The third-order valence-electron chi connectivity index (χ3n) is 5.69. The van der Waals surface area contributed by atoms with Crippen LogP contribution < -0.4 is 0 Å². The fourth-order valence-electron chi connectivity index (χ4n) is 3.99. The molecule has 0 nitrogen and oxygen atoms in total. The zero-order valence-electron chi connectivity index (χ0n) is 17.9. The molecule has 0 rings (SSSR count). The smallest absolute Gasteiger partial charge is 0.0594 e. The third kappa shape index (κ3) is 13.7. The van der Waals surface area contributed by atoms with Crippen molar-refractivity contribution >= 4 is 7.26 Å². The van der Waals surface area contributed by atoms with Crippen LogP contribution in [0.5, 0.6) is 0 Å². The van der Waals surface area contributed by atoms with E-state index in [0.717, 1.165) is 0 Å². The average Bonchev–Trinajstić information content (AvgIpc) is 2.58. The van der Waals surface area contributed by atoms with E-state index < -0.39 is 7.26 Å². The van der Waals surface area contributed by atoms with Crippen molar-refractivity contribution in [3.05, 3.63) is 0 Å². The Bertz CT molecular complexity index is 210. The molecule has 0 bridgehead atoms. The molecule has 0 heterocycles. The van der Waals surface area contributed by atoms with E-state index in [2.05, 4.69) is 27.7 Å². The van der Waals surface area contributed by atoms with E-state index >= 15 is 0 Å². The van der Waals surface area contributed by atoms with Gasteiger partial charge in [-0.2, -0.15) is 0 Å². The van der Waals surface area contributed by atoms with Crippen LogP contribution in [0.2, 0.25) is 0 Å². The topological polar surface area (TPSA) is 0 Å². The summed E-state index contributed by atoms with van der Waals surface area (Å²) in [5.74, 6) is 0. The molecule has 1 heteroatoms. The van der Waals surface area contributed by atoms with E-state index in [1.165, 1.54) is 89.9 Å². The SMILES string of the molecule is CCCCCCCC[P+](CCCCC)(CCCCC)CCCCC. The molecule has 0 aromatic carbocycles. The lowest BCUT2D eigenvalue weighted by molar-refractivity contribution is 0.624. The highest BCUT2D eigenvalue weighted by molar-refractivity contribution is 7.75. The Kier molecular flexibility index (Phi) is 18.6. The standard InChI is InChI=1S/C23H50P/c1-5-9-13-14-15-19-23-24(20-16-10-6-2,21-17-11-7-3)22-18-12-8-4/h5-23H2,1-4H3/q+1. The Morgan fingerprint density at radius 2 is 0.583 bits per heavy atom. The summed E-state index contributed by atoms with van der Waals surface area (Å²) in [6.45, 7) is 9.41. The van der Waals surface area contributed by atoms with Gasteiger partial charge in [0.15, 0.2) is 0 Å². The first-order valence-corrected chi connectivity index (χ1v) is 14.1. The maximum absolute atomic E-state index is 2.36. The molecule has 0 radical (unpaired) electrons. The Hall–Kier alpha value is 0.430. The van der Waals surface area contributed by atoms with Gasteiger partial charge in [0.05, 0.1) is 24.6 Å². The first-order chi connectivity index (χ1) is 11.7. The molecule has 0 aliphatic carbocycles. The Labute approximate surface area is 156 Å². The maximum atomic E-state index is 2.36. The second-order valence-corrected chi connectivity index (χ2v) is 12.6. The van der Waals surface area contributed by atoms with Gasteiger partial charge in [-0.3, -0.25) is 0 Å². The molecule has 0 saturated carbocycles. The minimum absolute atomic E-state index is 0.641. The van der Waals surface area contributed by atoms with Gasteiger partial charge in [-0.05, 0) is 32.1 Å². The number of hydrogen-bond acceptors (Lipinski definition) is 0. The predicted molar refractivity (Wildman–Crippen MR) is 118 cm³/mol. The number of hydrogen-bond donors (Lipinski definition) is 0. The highest BCUT2D eigenvalue weighted by Gasteiger charge is 2.34. The van der Waals surface area contributed by atoms with Crippen molar-refractivity contribution in [1.82, 2.24) is 0 Å². The average molecular weight is 358 g/mol. The molecule has 24 heavy (non-hydrogen) atoms. The lowest BCUT2D eigenvalue weighted by atomic mass is 10.1. The lowest BCUT2D eigenvalue weighted by Gasteiger charge is -2.28. The summed E-state index contributed by atoms with van der Waals surface area (Å²) in [5.41, 5.74) is 0. The summed E-state index contributed by atoms with van der Waals surface area (Å²) >= 11 is 0. The first kappa shape index (κ1) is 24.4. The fourth-order valence-corrected chi connectivity index (χ4v) is 8.91. The van der Waals surface area contributed by atoms with E-state index in [4.69, 9.17) is 0 Å². The second-order valence-electron chi connectivity index (χ2n) is 8.13. The molecule has 0 saturated heterocycles. The van der Waals surface area contributed by atoms with E-state index in [1.54, 1.807) is 31.1 Å². The van der Waals surface area contributed by atoms with Gasteiger partial charge < -0.3 is 0 Å². The number of unbranched alkanes of at least 4 members (excludes halogenated alkanes) is 11. The van der Waals surface area contributed by atoms with Crippen LogP contribution >= 0.6 is 7.26 Å². The van der Waals surface area contributed by atoms with Crippen molar-refractivity contribution in [2.75, 3.05) is 24.6 Å². The summed E-state index contributed by atoms with van der Waals surface area (Å²) < 4.78 is 0. The molecule has 0 aromatic heterocycles. The van der Waals surface area contributed by atoms with Gasteiger partial charge in [0, 0.05) is 7.26 Å². The van der Waals surface area contributed by atoms with E-state index in [0.29, 0.717) is 0 Å². The minimum Gasteiger partial charge on any atom is -0.0654 e. The quantitative estimate of drug-likeness (QED) is 0.160. The van der Waals surface area contributed by atoms with Gasteiger partial charge in [0.1, 0.15) is 0 Å². The molecule has 0 aromatic rings. The monoisotopic (exact) mass is 357 g/mol. The van der Waals surface area contributed by atoms with Gasteiger partial charge in [-0.1, -0.05) is 91.9 Å². The second kappa shape index (κ2) is 18.2. The molecule has 0 atom stereocenters. The highest BCUT2D eigenvalue weighted by atomic mass is 31.2. The summed E-state index contributed by atoms with van der Waals surface area (Å²) in [4.78, 5) is 0. The Morgan fingerprint density at radius 1 is 0.333 bits per heavy atom. The molecule has 0 fully saturated rings. The van der Waals surface area contributed by atoms with Gasteiger partial charge in [-0.15, -0.1) is 0 Å². The molecule has 0 unspecified atom stereocenters. The Morgan fingerprint density at radius 3 is 0.958 bits per heavy atom. The van der Waals surface area contributed by atoms with Crippen molar-refractivity contribution in [1.29, 1.82) is 0 Å². The van der Waals surface area contributed by atoms with Crippen molar-refractivity contribution in [2.24, 2.45) is 0 Å². The van der Waals surface area contributed by atoms with E-state index in [1.807, 2.05) is 0 Å². The molecule has 0 spiro atoms. The van der Waals surface area contributed by atoms with Gasteiger partial charge in [0.2, 0.25) is 0 Å². The van der Waals surface area contributed by atoms with E-state index in [-0.39, 0.29) is 0 Å². The zero-order chi connectivity index (χ0) is 17.9. The van der Waals surface area contributed by atoms with Crippen molar-refractivity contribution in [3.63, 3.8) is 0 Å². The van der Waals surface area contributed by atoms with Crippen molar-refractivity contribution in [2.45, 2.75) is 124 Å². The zero-order valence-corrected chi connectivity index (χ0v) is 18.8. The maximum Gasteiger partial charge on any atom is 0.0594 e. The molecule has 146 valence electrons. The van der Waals surface area contributed by atoms with Crippen LogP contribution in [0.3, 0.4) is 0 Å². The van der Waals surface area contributed by atoms with Gasteiger partial charge >= 0.3 is 0 Å². The van der Waals surface area contributed by atoms with Crippen molar-refractivity contribution in [3.8, 4) is 0 Å². The lowest BCUT2D eigenvalue weighted by Crippen LogP contribution is -2.13. The van der Waals surface area contributed by atoms with E-state index in [9.17, 15) is 0 Å². The molecule has 0 aliphatic heterocycles. The van der Waals surface area contributed by atoms with Crippen LogP contribution in [0.25, 0.3) is 0 Å². The van der Waals surface area contributed by atoms with Crippen molar-refractivity contribution < 1.29 is 0 Å². The Balaban J connectivity index is 4.48. The fraction of sp³-hybridized carbons (Fsp3) is 1.00. The minimum atomic E-state index is -0.641. The first-order valence-electron chi connectivity index (χ1n) is 11.6. The highest BCUT2D eigenvalue weighted by Crippen LogP contribution is 2.61. The van der Waals surface area contributed by atoms with Gasteiger partial charge in [0.25, 0.3) is 0 Å². The summed E-state index contributed by atoms with van der Waals surface area (Å²) in [5, 5.41) is 0. The summed E-state index contributed by atoms with van der Waals surface area (Å²) in [6.07, 6.45) is 28.5. The molecular formula is C23H50P+. The molecule has 0 amide bonds. The van der Waals surface area contributed by atoms with Crippen LogP contribution in [-0.2, 0) is 0 Å². The molecular weight excluding hydrogens is 307 g/mol. The third-order valence-corrected chi connectivity index (χ3v) is 10.8. The number of rotatable bonds is 19. The van der Waals surface area contributed by atoms with Crippen LogP contribution in [0, 0.1) is 0 Å². The van der Waals surface area contributed by atoms with Crippen LogP contribution in [0.4, 0.5) is 0 Å². The summed E-state index contributed by atoms with van der Waals surface area (Å²) in [7, 11) is -0.641. The van der Waals surface area contributed by atoms with Crippen LogP contribution in [0.1, 0.15) is 124 Å². The summed E-state index contributed by atoms with van der Waals surface area (Å²) in [6, 6.07) is 0. The van der Waals surface area contributed by atoms with Crippen LogP contribution in [0.15, 0.2) is 0 Å². The van der Waals surface area contributed by atoms with Crippen LogP contribution in [-0.4, -0.2) is 24.6 Å². The normalized spacial score (nSPS) is 12.0. The largest absolute Gasteiger partial charge is 0.0654 e. The molecule has 0 aliphatic rings. The van der Waals surface area contributed by atoms with Gasteiger partial charge in [-0.25, -0.2) is 0 Å².